The molecule has 0 aromatic heterocycles. The molecule has 3 fully saturated rings. The summed E-state index contributed by atoms with van der Waals surface area (Å²) in [5.41, 5.74) is 0.626. The third-order valence-electron chi connectivity index (χ3n) is 5.73. The summed E-state index contributed by atoms with van der Waals surface area (Å²) in [5.74, 6) is 2.10. The number of carbonyl (C=O) groups is 1. The molecule has 6 nitrogen and oxygen atoms in total. The van der Waals surface area contributed by atoms with Crippen molar-refractivity contribution >= 4 is 5.91 Å². The zero-order valence-corrected chi connectivity index (χ0v) is 14.3. The SMILES string of the molecule is O=C(N[C@H]1C[C@H]2CO[C@H](C3CC3)CN2C1)c1ccc2c(c1)OCCO2. The van der Waals surface area contributed by atoms with E-state index in [9.17, 15) is 4.79 Å². The van der Waals surface area contributed by atoms with Gasteiger partial charge in [0.05, 0.1) is 12.7 Å². The largest absolute Gasteiger partial charge is 0.486 e. The number of benzene rings is 1. The number of nitrogens with one attached hydrogen (secondary N) is 1. The Morgan fingerprint density at radius 3 is 2.80 bits per heavy atom. The smallest absolute Gasteiger partial charge is 0.251 e. The maximum atomic E-state index is 12.6. The van der Waals surface area contributed by atoms with Crippen LogP contribution in [0.3, 0.4) is 0 Å². The van der Waals surface area contributed by atoms with Crippen molar-refractivity contribution in [1.82, 2.24) is 10.2 Å². The van der Waals surface area contributed by atoms with Crippen molar-refractivity contribution in [2.75, 3.05) is 32.9 Å². The molecule has 0 spiro atoms. The number of morpholine rings is 1. The summed E-state index contributed by atoms with van der Waals surface area (Å²) in [5, 5.41) is 3.19. The van der Waals surface area contributed by atoms with Crippen LogP contribution in [0.5, 0.6) is 11.5 Å². The molecule has 1 aromatic carbocycles. The van der Waals surface area contributed by atoms with Crippen LogP contribution in [0.1, 0.15) is 29.6 Å². The van der Waals surface area contributed by atoms with Gasteiger partial charge in [-0.25, -0.2) is 0 Å². The molecular weight excluding hydrogens is 320 g/mol. The topological polar surface area (TPSA) is 60.0 Å². The lowest BCUT2D eigenvalue weighted by Gasteiger charge is -2.35. The first kappa shape index (κ1) is 15.5. The Labute approximate surface area is 147 Å². The van der Waals surface area contributed by atoms with Crippen LogP contribution in [-0.2, 0) is 4.74 Å². The minimum atomic E-state index is -0.0403. The molecule has 0 bridgehead atoms. The minimum absolute atomic E-state index is 0.0403. The van der Waals surface area contributed by atoms with E-state index in [0.717, 1.165) is 32.0 Å². The van der Waals surface area contributed by atoms with Crippen LogP contribution in [-0.4, -0.2) is 61.9 Å². The highest BCUT2D eigenvalue weighted by molar-refractivity contribution is 5.95. The van der Waals surface area contributed by atoms with Gasteiger partial charge in [-0.3, -0.25) is 9.69 Å². The van der Waals surface area contributed by atoms with E-state index >= 15 is 0 Å². The minimum Gasteiger partial charge on any atom is -0.486 e. The lowest BCUT2D eigenvalue weighted by atomic mass is 10.1. The number of rotatable bonds is 3. The highest BCUT2D eigenvalue weighted by Crippen LogP contribution is 2.38. The molecule has 3 heterocycles. The molecule has 2 saturated heterocycles. The molecule has 1 aliphatic carbocycles. The highest BCUT2D eigenvalue weighted by Gasteiger charge is 2.42. The molecule has 4 aliphatic rings. The first-order chi connectivity index (χ1) is 12.3. The van der Waals surface area contributed by atoms with E-state index in [4.69, 9.17) is 14.2 Å². The Hall–Kier alpha value is -1.79. The van der Waals surface area contributed by atoms with Crippen LogP contribution < -0.4 is 14.8 Å². The molecular formula is C19H24N2O4. The van der Waals surface area contributed by atoms with Crippen molar-refractivity contribution in [3.05, 3.63) is 23.8 Å². The second kappa shape index (κ2) is 6.18. The first-order valence-corrected chi connectivity index (χ1v) is 9.32. The molecule has 3 atom stereocenters. The van der Waals surface area contributed by atoms with Crippen molar-refractivity contribution in [2.24, 2.45) is 5.92 Å². The van der Waals surface area contributed by atoms with Gasteiger partial charge in [0, 0.05) is 30.7 Å². The number of amides is 1. The third kappa shape index (κ3) is 3.09. The molecule has 134 valence electrons. The summed E-state index contributed by atoms with van der Waals surface area (Å²) >= 11 is 0. The number of ether oxygens (including phenoxy) is 3. The standard InChI is InChI=1S/C19H24N2O4/c22-19(13-3-4-16-17(7-13)24-6-5-23-16)20-14-8-15-11-25-18(12-1-2-12)10-21(15)9-14/h3-4,7,12,14-15,18H,1-2,5-6,8-11H2,(H,20,22)/t14-,15-,18-/m0/s1. The molecule has 6 heteroatoms. The molecule has 25 heavy (non-hydrogen) atoms. The predicted octanol–water partition coefficient (Wildman–Crippen LogP) is 1.44. The van der Waals surface area contributed by atoms with Crippen molar-refractivity contribution in [2.45, 2.75) is 37.5 Å². The van der Waals surface area contributed by atoms with Crippen molar-refractivity contribution in [3.63, 3.8) is 0 Å². The fourth-order valence-corrected chi connectivity index (χ4v) is 4.21. The fourth-order valence-electron chi connectivity index (χ4n) is 4.21. The maximum absolute atomic E-state index is 12.6. The molecule has 3 aliphatic heterocycles. The Morgan fingerprint density at radius 1 is 1.12 bits per heavy atom. The predicted molar refractivity (Wildman–Crippen MR) is 91.1 cm³/mol. The molecule has 1 amide bonds. The second-order valence-corrected chi connectivity index (χ2v) is 7.58. The first-order valence-electron chi connectivity index (χ1n) is 9.32. The Bertz CT molecular complexity index is 675. The van der Waals surface area contributed by atoms with Gasteiger partial charge in [0.1, 0.15) is 13.2 Å². The Morgan fingerprint density at radius 2 is 1.96 bits per heavy atom. The quantitative estimate of drug-likeness (QED) is 0.899. The van der Waals surface area contributed by atoms with Crippen LogP contribution in [0.15, 0.2) is 18.2 Å². The maximum Gasteiger partial charge on any atom is 0.251 e. The van der Waals surface area contributed by atoms with Gasteiger partial charge in [-0.05, 0) is 43.4 Å². The van der Waals surface area contributed by atoms with E-state index in [2.05, 4.69) is 10.2 Å². The number of hydrogen-bond donors (Lipinski definition) is 1. The normalized spacial score (nSPS) is 31.4. The molecule has 1 N–H and O–H groups in total. The van der Waals surface area contributed by atoms with Crippen molar-refractivity contribution in [1.29, 1.82) is 0 Å². The lowest BCUT2D eigenvalue weighted by molar-refractivity contribution is -0.0581. The summed E-state index contributed by atoms with van der Waals surface area (Å²) < 4.78 is 17.1. The average Bonchev–Trinajstić information content (AvgIpc) is 3.41. The van der Waals surface area contributed by atoms with Crippen LogP contribution >= 0.6 is 0 Å². The van der Waals surface area contributed by atoms with E-state index in [-0.39, 0.29) is 11.9 Å². The van der Waals surface area contributed by atoms with E-state index in [1.165, 1.54) is 12.8 Å². The Kier molecular flexibility index (Phi) is 3.82. The zero-order valence-electron chi connectivity index (χ0n) is 14.3. The van der Waals surface area contributed by atoms with E-state index < -0.39 is 0 Å². The summed E-state index contributed by atoms with van der Waals surface area (Å²) in [6, 6.07) is 6.03. The molecule has 1 aromatic rings. The third-order valence-corrected chi connectivity index (χ3v) is 5.73. The number of carbonyl (C=O) groups excluding carboxylic acids is 1. The monoisotopic (exact) mass is 344 g/mol. The van der Waals surface area contributed by atoms with Crippen molar-refractivity contribution in [3.8, 4) is 11.5 Å². The number of fused-ring (bicyclic) bond motifs is 2. The van der Waals surface area contributed by atoms with E-state index in [1.54, 1.807) is 12.1 Å². The van der Waals surface area contributed by atoms with Gasteiger partial charge in [0.15, 0.2) is 11.5 Å². The lowest BCUT2D eigenvalue weighted by Crippen LogP contribution is -2.47. The van der Waals surface area contributed by atoms with Crippen molar-refractivity contribution < 1.29 is 19.0 Å². The summed E-state index contributed by atoms with van der Waals surface area (Å²) in [4.78, 5) is 15.1. The fraction of sp³-hybridized carbons (Fsp3) is 0.632. The van der Waals surface area contributed by atoms with Gasteiger partial charge < -0.3 is 19.5 Å². The molecule has 5 rings (SSSR count). The average molecular weight is 344 g/mol. The van der Waals surface area contributed by atoms with Crippen LogP contribution in [0.4, 0.5) is 0 Å². The zero-order chi connectivity index (χ0) is 16.8. The molecule has 0 unspecified atom stereocenters. The van der Waals surface area contributed by atoms with Crippen LogP contribution in [0.25, 0.3) is 0 Å². The Balaban J connectivity index is 1.21. The van der Waals surface area contributed by atoms with Gasteiger partial charge >= 0.3 is 0 Å². The van der Waals surface area contributed by atoms with Gasteiger partial charge in [-0.15, -0.1) is 0 Å². The van der Waals surface area contributed by atoms with E-state index in [0.29, 0.717) is 42.4 Å². The number of hydrogen-bond acceptors (Lipinski definition) is 5. The van der Waals surface area contributed by atoms with Crippen LogP contribution in [0.2, 0.25) is 0 Å². The summed E-state index contributed by atoms with van der Waals surface area (Å²) in [6.07, 6.45) is 4.00. The van der Waals surface area contributed by atoms with Gasteiger partial charge in [-0.1, -0.05) is 0 Å². The van der Waals surface area contributed by atoms with Gasteiger partial charge in [-0.2, -0.15) is 0 Å². The van der Waals surface area contributed by atoms with Gasteiger partial charge in [0.2, 0.25) is 0 Å². The molecule has 1 saturated carbocycles. The van der Waals surface area contributed by atoms with Crippen LogP contribution in [0, 0.1) is 5.92 Å². The van der Waals surface area contributed by atoms with Gasteiger partial charge in [0.25, 0.3) is 5.91 Å². The molecule has 0 radical (unpaired) electrons. The van der Waals surface area contributed by atoms with E-state index in [1.807, 2.05) is 6.07 Å². The summed E-state index contributed by atoms with van der Waals surface area (Å²) in [7, 11) is 0. The number of nitrogens with zero attached hydrogens (tertiary/aromatic N) is 1. The summed E-state index contributed by atoms with van der Waals surface area (Å²) in [6.45, 7) is 3.83. The highest BCUT2D eigenvalue weighted by atomic mass is 16.6. The second-order valence-electron chi connectivity index (χ2n) is 7.58.